The fraction of sp³-hybridized carbons (Fsp3) is 0.280. The van der Waals surface area contributed by atoms with Gasteiger partial charge >= 0.3 is 0 Å². The largest absolute Gasteiger partial charge is 0.467 e. The van der Waals surface area contributed by atoms with Crippen molar-refractivity contribution in [2.45, 2.75) is 38.3 Å². The number of aryl methyl sites for hydroxylation is 1. The predicted octanol–water partition coefficient (Wildman–Crippen LogP) is 3.24. The van der Waals surface area contributed by atoms with Crippen LogP contribution in [0.5, 0.6) is 0 Å². The van der Waals surface area contributed by atoms with Gasteiger partial charge in [0.05, 0.1) is 24.2 Å². The van der Waals surface area contributed by atoms with Crippen molar-refractivity contribution < 1.29 is 22.4 Å². The Hall–Kier alpha value is -3.43. The van der Waals surface area contributed by atoms with Crippen molar-refractivity contribution in [1.82, 2.24) is 10.0 Å². The molecule has 0 saturated heterocycles. The van der Waals surface area contributed by atoms with Gasteiger partial charge in [-0.05, 0) is 48.7 Å². The van der Waals surface area contributed by atoms with Crippen LogP contribution in [0.4, 0.5) is 5.69 Å². The molecule has 0 saturated carbocycles. The Morgan fingerprint density at radius 2 is 1.65 bits per heavy atom. The summed E-state index contributed by atoms with van der Waals surface area (Å²) in [4.78, 5) is 28.1. The lowest BCUT2D eigenvalue weighted by Gasteiger charge is -2.34. The van der Waals surface area contributed by atoms with Crippen molar-refractivity contribution in [2.24, 2.45) is 5.92 Å². The van der Waals surface area contributed by atoms with Gasteiger partial charge in [-0.25, -0.2) is 13.1 Å². The summed E-state index contributed by atoms with van der Waals surface area (Å²) in [6, 6.07) is 17.6. The third kappa shape index (κ3) is 6.12. The van der Waals surface area contributed by atoms with E-state index in [9.17, 15) is 18.0 Å². The first-order valence-electron chi connectivity index (χ1n) is 10.9. The fourth-order valence-corrected chi connectivity index (χ4v) is 4.60. The van der Waals surface area contributed by atoms with E-state index < -0.39 is 28.5 Å². The number of nitrogens with one attached hydrogen (secondary N) is 2. The SMILES string of the molecule is Cc1ccccc1N(C(=O)CNS(=O)(=O)c1ccccc1)[C@H](C(=O)NCc1ccco1)C(C)C. The molecule has 0 aliphatic heterocycles. The molecule has 1 heterocycles. The zero-order valence-corrected chi connectivity index (χ0v) is 20.2. The van der Waals surface area contributed by atoms with Gasteiger partial charge in [0.25, 0.3) is 0 Å². The highest BCUT2D eigenvalue weighted by molar-refractivity contribution is 7.89. The summed E-state index contributed by atoms with van der Waals surface area (Å²) in [7, 11) is -3.90. The van der Waals surface area contributed by atoms with E-state index >= 15 is 0 Å². The summed E-state index contributed by atoms with van der Waals surface area (Å²) in [5.74, 6) is -0.583. The molecule has 0 unspecified atom stereocenters. The number of hydrogen-bond acceptors (Lipinski definition) is 5. The number of carbonyl (C=O) groups is 2. The summed E-state index contributed by atoms with van der Waals surface area (Å²) < 4.78 is 33.0. The second kappa shape index (κ2) is 11.1. The van der Waals surface area contributed by atoms with Gasteiger partial charge < -0.3 is 9.73 Å². The van der Waals surface area contributed by atoms with E-state index in [0.717, 1.165) is 5.56 Å². The van der Waals surface area contributed by atoms with Crippen molar-refractivity contribution in [1.29, 1.82) is 0 Å². The number of nitrogens with zero attached hydrogens (tertiary/aromatic N) is 1. The van der Waals surface area contributed by atoms with E-state index in [-0.39, 0.29) is 23.3 Å². The van der Waals surface area contributed by atoms with Crippen molar-refractivity contribution >= 4 is 27.5 Å². The van der Waals surface area contributed by atoms with E-state index in [1.807, 2.05) is 32.9 Å². The monoisotopic (exact) mass is 483 g/mol. The molecule has 2 amide bonds. The van der Waals surface area contributed by atoms with Crippen molar-refractivity contribution in [3.8, 4) is 0 Å². The van der Waals surface area contributed by atoms with Crippen LogP contribution in [-0.4, -0.2) is 32.8 Å². The molecule has 0 aliphatic rings. The van der Waals surface area contributed by atoms with Gasteiger partial charge in [-0.15, -0.1) is 0 Å². The molecule has 1 atom stereocenters. The summed E-state index contributed by atoms with van der Waals surface area (Å²) in [6.45, 7) is 5.18. The minimum atomic E-state index is -3.90. The number of hydrogen-bond donors (Lipinski definition) is 2. The van der Waals surface area contributed by atoms with E-state index in [4.69, 9.17) is 4.42 Å². The molecule has 2 N–H and O–H groups in total. The molecule has 180 valence electrons. The highest BCUT2D eigenvalue weighted by Gasteiger charge is 2.34. The Kier molecular flexibility index (Phi) is 8.25. The van der Waals surface area contributed by atoms with Crippen LogP contribution in [0.1, 0.15) is 25.2 Å². The Balaban J connectivity index is 1.88. The first-order chi connectivity index (χ1) is 16.2. The Morgan fingerprint density at radius 1 is 0.971 bits per heavy atom. The van der Waals surface area contributed by atoms with Crippen LogP contribution in [0.3, 0.4) is 0 Å². The van der Waals surface area contributed by atoms with Crippen LogP contribution in [0.15, 0.2) is 82.3 Å². The minimum absolute atomic E-state index is 0.0573. The molecule has 1 aromatic heterocycles. The lowest BCUT2D eigenvalue weighted by Crippen LogP contribution is -2.55. The first-order valence-corrected chi connectivity index (χ1v) is 12.4. The third-order valence-electron chi connectivity index (χ3n) is 5.31. The standard InChI is InChI=1S/C25H29N3O5S/c1-18(2)24(25(30)26-16-20-11-9-15-33-20)28(22-14-8-7-10-19(22)3)23(29)17-27-34(31,32)21-12-5-4-6-13-21/h4-15,18,24,27H,16-17H2,1-3H3,(H,26,30)/t24-/m0/s1. The third-order valence-corrected chi connectivity index (χ3v) is 6.72. The number of anilines is 1. The maximum absolute atomic E-state index is 13.5. The molecule has 3 rings (SSSR count). The van der Waals surface area contributed by atoms with Crippen LogP contribution in [-0.2, 0) is 26.2 Å². The maximum atomic E-state index is 13.5. The van der Waals surface area contributed by atoms with E-state index in [2.05, 4.69) is 10.0 Å². The molecule has 0 radical (unpaired) electrons. The van der Waals surface area contributed by atoms with Crippen molar-refractivity contribution in [3.63, 3.8) is 0 Å². The maximum Gasteiger partial charge on any atom is 0.243 e. The molecular formula is C25H29N3O5S. The average molecular weight is 484 g/mol. The van der Waals surface area contributed by atoms with Crippen LogP contribution >= 0.6 is 0 Å². The van der Waals surface area contributed by atoms with Crippen molar-refractivity contribution in [3.05, 3.63) is 84.3 Å². The zero-order valence-electron chi connectivity index (χ0n) is 19.4. The average Bonchev–Trinajstić information content (AvgIpc) is 3.34. The predicted molar refractivity (Wildman–Crippen MR) is 129 cm³/mol. The highest BCUT2D eigenvalue weighted by atomic mass is 32.2. The molecule has 0 aliphatic carbocycles. The van der Waals surface area contributed by atoms with Gasteiger partial charge in [-0.3, -0.25) is 14.5 Å². The molecule has 0 fully saturated rings. The van der Waals surface area contributed by atoms with Crippen LogP contribution in [0.25, 0.3) is 0 Å². The van der Waals surface area contributed by atoms with E-state index in [0.29, 0.717) is 11.4 Å². The lowest BCUT2D eigenvalue weighted by molar-refractivity contribution is -0.127. The van der Waals surface area contributed by atoms with Gasteiger partial charge in [-0.2, -0.15) is 0 Å². The zero-order chi connectivity index (χ0) is 24.7. The summed E-state index contributed by atoms with van der Waals surface area (Å²) in [5, 5.41) is 2.82. The number of sulfonamides is 1. The molecule has 9 heteroatoms. The number of furan rings is 1. The summed E-state index contributed by atoms with van der Waals surface area (Å²) in [5.41, 5.74) is 1.32. The Labute approximate surface area is 200 Å². The number of para-hydroxylation sites is 1. The number of benzene rings is 2. The minimum Gasteiger partial charge on any atom is -0.467 e. The van der Waals surface area contributed by atoms with Gasteiger partial charge in [0.1, 0.15) is 11.8 Å². The molecule has 3 aromatic rings. The molecule has 0 bridgehead atoms. The molecule has 2 aromatic carbocycles. The van der Waals surface area contributed by atoms with Crippen molar-refractivity contribution in [2.75, 3.05) is 11.4 Å². The molecule has 34 heavy (non-hydrogen) atoms. The lowest BCUT2D eigenvalue weighted by atomic mass is 9.99. The van der Waals surface area contributed by atoms with Gasteiger partial charge in [0.2, 0.25) is 21.8 Å². The topological polar surface area (TPSA) is 109 Å². The highest BCUT2D eigenvalue weighted by Crippen LogP contribution is 2.25. The normalized spacial score (nSPS) is 12.4. The smallest absolute Gasteiger partial charge is 0.243 e. The van der Waals surface area contributed by atoms with E-state index in [1.165, 1.54) is 23.3 Å². The summed E-state index contributed by atoms with van der Waals surface area (Å²) >= 11 is 0. The summed E-state index contributed by atoms with van der Waals surface area (Å²) in [6.07, 6.45) is 1.52. The van der Waals surface area contributed by atoms with E-state index in [1.54, 1.807) is 42.5 Å². The first kappa shape index (κ1) is 25.2. The van der Waals surface area contributed by atoms with Gasteiger partial charge in [0.15, 0.2) is 0 Å². The number of carbonyl (C=O) groups excluding carboxylic acids is 2. The van der Waals surface area contributed by atoms with Gasteiger partial charge in [0, 0.05) is 5.69 Å². The van der Waals surface area contributed by atoms with Crippen LogP contribution in [0.2, 0.25) is 0 Å². The second-order valence-corrected chi connectivity index (χ2v) is 9.94. The van der Waals surface area contributed by atoms with Crippen LogP contribution in [0, 0.1) is 12.8 Å². The second-order valence-electron chi connectivity index (χ2n) is 8.17. The number of amides is 2. The molecule has 8 nitrogen and oxygen atoms in total. The Morgan fingerprint density at radius 3 is 2.26 bits per heavy atom. The quantitative estimate of drug-likeness (QED) is 0.460. The number of rotatable bonds is 10. The van der Waals surface area contributed by atoms with Crippen LogP contribution < -0.4 is 14.9 Å². The Bertz CT molecular complexity index is 1210. The fourth-order valence-electron chi connectivity index (χ4n) is 3.61. The van der Waals surface area contributed by atoms with Gasteiger partial charge in [-0.1, -0.05) is 50.2 Å². The molecule has 0 spiro atoms. The molecular weight excluding hydrogens is 454 g/mol.